The molecule has 0 aliphatic heterocycles. The molecule has 0 fully saturated rings. The SMILES string of the molecule is CCCCCCCCCCCCCCCCCCCCCC(=O)O[C@H](COC(=O)CCCCCCCCCCCCCCCC(C)C)COP(=O)(O)OC[C@@H](O)COP(=O)(O)OC[C@@H](COC(=O)CCCCCCCCCCCC)OC(=O)CCCCCCCCCCC(C)CC. The van der Waals surface area contributed by atoms with Gasteiger partial charge in [0.05, 0.1) is 26.4 Å². The summed E-state index contributed by atoms with van der Waals surface area (Å²) in [6, 6.07) is 0. The zero-order valence-electron chi connectivity index (χ0n) is 63.4. The van der Waals surface area contributed by atoms with Crippen LogP contribution in [0, 0.1) is 11.8 Å². The van der Waals surface area contributed by atoms with E-state index in [4.69, 9.17) is 37.0 Å². The fourth-order valence-electron chi connectivity index (χ4n) is 12.0. The molecule has 0 aliphatic rings. The molecule has 6 atom stereocenters. The first-order valence-corrected chi connectivity index (χ1v) is 43.5. The van der Waals surface area contributed by atoms with Gasteiger partial charge in [-0.05, 0) is 37.5 Å². The molecular weight excluding hydrogens is 1270 g/mol. The lowest BCUT2D eigenvalue weighted by molar-refractivity contribution is -0.161. The van der Waals surface area contributed by atoms with Gasteiger partial charge in [0.15, 0.2) is 12.2 Å². The summed E-state index contributed by atoms with van der Waals surface area (Å²) in [4.78, 5) is 72.9. The van der Waals surface area contributed by atoms with Crippen molar-refractivity contribution in [3.05, 3.63) is 0 Å². The smallest absolute Gasteiger partial charge is 0.462 e. The molecule has 0 bridgehead atoms. The summed E-state index contributed by atoms with van der Waals surface area (Å²) in [5.41, 5.74) is 0. The Labute approximate surface area is 594 Å². The average Bonchev–Trinajstić information content (AvgIpc) is 1.31. The molecule has 0 spiro atoms. The molecule has 576 valence electrons. The van der Waals surface area contributed by atoms with Crippen LogP contribution in [0.25, 0.3) is 0 Å². The van der Waals surface area contributed by atoms with E-state index in [1.165, 1.54) is 225 Å². The number of ether oxygens (including phenoxy) is 4. The van der Waals surface area contributed by atoms with Crippen molar-refractivity contribution in [3.8, 4) is 0 Å². The zero-order chi connectivity index (χ0) is 71.4. The van der Waals surface area contributed by atoms with Gasteiger partial charge in [-0.25, -0.2) is 9.13 Å². The Morgan fingerprint density at radius 1 is 0.299 bits per heavy atom. The van der Waals surface area contributed by atoms with Crippen molar-refractivity contribution >= 4 is 39.5 Å². The summed E-state index contributed by atoms with van der Waals surface area (Å²) in [6.07, 6.45) is 58.2. The Bertz CT molecular complexity index is 1870. The van der Waals surface area contributed by atoms with Gasteiger partial charge in [-0.15, -0.1) is 0 Å². The minimum Gasteiger partial charge on any atom is -0.462 e. The maximum Gasteiger partial charge on any atom is 0.472 e. The quantitative estimate of drug-likeness (QED) is 0.0222. The number of carbonyl (C=O) groups excluding carboxylic acids is 4. The molecule has 3 unspecified atom stereocenters. The minimum absolute atomic E-state index is 0.105. The molecule has 0 rings (SSSR count). The highest BCUT2D eigenvalue weighted by Crippen LogP contribution is 2.45. The van der Waals surface area contributed by atoms with Crippen LogP contribution in [-0.4, -0.2) is 96.7 Å². The van der Waals surface area contributed by atoms with Crippen molar-refractivity contribution in [2.45, 2.75) is 426 Å². The Morgan fingerprint density at radius 2 is 0.526 bits per heavy atom. The van der Waals surface area contributed by atoms with Crippen molar-refractivity contribution in [2.24, 2.45) is 11.8 Å². The van der Waals surface area contributed by atoms with E-state index in [1.54, 1.807) is 0 Å². The molecule has 0 aromatic heterocycles. The second-order valence-corrected chi connectivity index (χ2v) is 31.7. The molecule has 0 aliphatic carbocycles. The molecule has 0 radical (unpaired) electrons. The number of rotatable bonds is 77. The lowest BCUT2D eigenvalue weighted by Crippen LogP contribution is -2.30. The molecule has 0 amide bonds. The molecular formula is C78H152O17P2. The third-order valence-electron chi connectivity index (χ3n) is 18.6. The van der Waals surface area contributed by atoms with E-state index in [0.717, 1.165) is 102 Å². The first-order chi connectivity index (χ1) is 46.9. The molecule has 0 heterocycles. The Balaban J connectivity index is 5.23. The number of phosphoric acid groups is 2. The second-order valence-electron chi connectivity index (χ2n) is 28.8. The van der Waals surface area contributed by atoms with E-state index >= 15 is 0 Å². The van der Waals surface area contributed by atoms with E-state index < -0.39 is 97.5 Å². The minimum atomic E-state index is -4.96. The summed E-state index contributed by atoms with van der Waals surface area (Å²) in [5, 5.41) is 10.6. The highest BCUT2D eigenvalue weighted by atomic mass is 31.2. The van der Waals surface area contributed by atoms with E-state index in [0.29, 0.717) is 25.7 Å². The van der Waals surface area contributed by atoms with Gasteiger partial charge in [0.25, 0.3) is 0 Å². The predicted molar refractivity (Wildman–Crippen MR) is 395 cm³/mol. The van der Waals surface area contributed by atoms with E-state index in [2.05, 4.69) is 41.5 Å². The number of phosphoric ester groups is 2. The lowest BCUT2D eigenvalue weighted by Gasteiger charge is -2.21. The van der Waals surface area contributed by atoms with Gasteiger partial charge in [0.1, 0.15) is 19.3 Å². The second kappa shape index (κ2) is 69.8. The van der Waals surface area contributed by atoms with Gasteiger partial charge in [0.2, 0.25) is 0 Å². The van der Waals surface area contributed by atoms with Gasteiger partial charge in [-0.3, -0.25) is 37.3 Å². The number of unbranched alkanes of at least 4 members (excludes halogenated alkanes) is 46. The van der Waals surface area contributed by atoms with Gasteiger partial charge >= 0.3 is 39.5 Å². The number of hydrogen-bond acceptors (Lipinski definition) is 15. The third-order valence-corrected chi connectivity index (χ3v) is 20.5. The zero-order valence-corrected chi connectivity index (χ0v) is 65.2. The molecule has 19 heteroatoms. The Hall–Kier alpha value is -1.94. The molecule has 97 heavy (non-hydrogen) atoms. The van der Waals surface area contributed by atoms with Crippen molar-refractivity contribution in [3.63, 3.8) is 0 Å². The van der Waals surface area contributed by atoms with Crippen LogP contribution in [0.1, 0.15) is 408 Å². The Kier molecular flexibility index (Phi) is 68.4. The molecule has 0 saturated heterocycles. The number of esters is 4. The molecule has 0 aromatic rings. The van der Waals surface area contributed by atoms with Crippen molar-refractivity contribution in [2.75, 3.05) is 39.6 Å². The maximum atomic E-state index is 13.1. The van der Waals surface area contributed by atoms with E-state index in [-0.39, 0.29) is 25.7 Å². The van der Waals surface area contributed by atoms with Crippen molar-refractivity contribution < 1.29 is 80.2 Å². The van der Waals surface area contributed by atoms with E-state index in [1.807, 2.05) is 0 Å². The van der Waals surface area contributed by atoms with Gasteiger partial charge < -0.3 is 33.8 Å². The number of hydrogen-bond donors (Lipinski definition) is 3. The number of aliphatic hydroxyl groups is 1. The third kappa shape index (κ3) is 70.9. The highest BCUT2D eigenvalue weighted by molar-refractivity contribution is 7.47. The molecule has 0 saturated carbocycles. The maximum absolute atomic E-state index is 13.1. The standard InChI is InChI=1S/C78H152O17P2/c1-7-10-12-14-16-18-20-21-22-23-24-25-26-29-33-37-44-50-56-62-77(82)94-73(66-89-76(81)61-55-49-43-36-32-30-27-28-31-34-40-46-52-58-70(4)5)68-92-96(84,85)90-64-72(79)65-91-97(86,87)93-69-74(67-88-75(80)60-54-48-42-35-19-17-15-13-11-8-2)95-78(83)63-57-51-45-39-38-41-47-53-59-71(6)9-3/h70-74,79H,7-69H2,1-6H3,(H,84,85)(H,86,87)/t71?,72-,73-,74-/m1/s1. The van der Waals surface area contributed by atoms with E-state index in [9.17, 15) is 43.2 Å². The molecule has 3 N–H and O–H groups in total. The number of aliphatic hydroxyl groups excluding tert-OH is 1. The predicted octanol–water partition coefficient (Wildman–Crippen LogP) is 23.1. The fourth-order valence-corrected chi connectivity index (χ4v) is 13.6. The summed E-state index contributed by atoms with van der Waals surface area (Å²) < 4.78 is 68.6. The van der Waals surface area contributed by atoms with Crippen molar-refractivity contribution in [1.29, 1.82) is 0 Å². The first-order valence-electron chi connectivity index (χ1n) is 40.5. The normalized spacial score (nSPS) is 14.2. The van der Waals surface area contributed by atoms with Gasteiger partial charge in [0, 0.05) is 25.7 Å². The topological polar surface area (TPSA) is 237 Å². The van der Waals surface area contributed by atoms with Crippen LogP contribution >= 0.6 is 15.6 Å². The lowest BCUT2D eigenvalue weighted by atomic mass is 9.99. The highest BCUT2D eigenvalue weighted by Gasteiger charge is 2.30. The molecule has 0 aromatic carbocycles. The van der Waals surface area contributed by atoms with Crippen LogP contribution in [0.4, 0.5) is 0 Å². The van der Waals surface area contributed by atoms with Crippen LogP contribution in [-0.2, 0) is 65.4 Å². The summed E-state index contributed by atoms with van der Waals surface area (Å²) in [5.74, 6) is -0.553. The van der Waals surface area contributed by atoms with Crippen LogP contribution in [0.15, 0.2) is 0 Å². The fraction of sp³-hybridized carbons (Fsp3) is 0.949. The first kappa shape index (κ1) is 95.1. The largest absolute Gasteiger partial charge is 0.472 e. The van der Waals surface area contributed by atoms with Gasteiger partial charge in [-0.1, -0.05) is 356 Å². The summed E-state index contributed by atoms with van der Waals surface area (Å²) in [7, 11) is -9.91. The van der Waals surface area contributed by atoms with Gasteiger partial charge in [-0.2, -0.15) is 0 Å². The van der Waals surface area contributed by atoms with Crippen LogP contribution in [0.2, 0.25) is 0 Å². The summed E-state index contributed by atoms with van der Waals surface area (Å²) in [6.45, 7) is 9.62. The molecule has 17 nitrogen and oxygen atoms in total. The van der Waals surface area contributed by atoms with Crippen molar-refractivity contribution in [1.82, 2.24) is 0 Å². The van der Waals surface area contributed by atoms with Crippen LogP contribution < -0.4 is 0 Å². The monoisotopic (exact) mass is 1420 g/mol. The Morgan fingerprint density at radius 3 is 0.784 bits per heavy atom. The van der Waals surface area contributed by atoms with Crippen LogP contribution in [0.5, 0.6) is 0 Å². The van der Waals surface area contributed by atoms with Crippen LogP contribution in [0.3, 0.4) is 0 Å². The average molecular weight is 1420 g/mol. The summed E-state index contributed by atoms with van der Waals surface area (Å²) >= 11 is 0. The number of carbonyl (C=O) groups is 4.